The van der Waals surface area contributed by atoms with Crippen LogP contribution in [0.5, 0.6) is 0 Å². The van der Waals surface area contributed by atoms with Crippen LogP contribution in [0.2, 0.25) is 5.02 Å². The van der Waals surface area contributed by atoms with Crippen LogP contribution in [0.4, 0.5) is 13.2 Å². The lowest BCUT2D eigenvalue weighted by Crippen LogP contribution is -2.44. The summed E-state index contributed by atoms with van der Waals surface area (Å²) in [7, 11) is -4.05. The molecule has 160 valence electrons. The van der Waals surface area contributed by atoms with Crippen molar-refractivity contribution in [3.05, 3.63) is 71.4 Å². The molecule has 0 atom stereocenters. The standard InChI is InChI=1S/C20H19ClF3N3O2S/c21-17-8-9-18(16-7-4-11-25-19(16)17)30(28,29)26-12-14-27(20(22,23)24)13-10-15-5-2-1-3-6-15/h1-9,11,26H,10,12-14H2. The van der Waals surface area contributed by atoms with E-state index < -0.39 is 29.4 Å². The Morgan fingerprint density at radius 1 is 1.00 bits per heavy atom. The molecule has 0 radical (unpaired) electrons. The number of pyridine rings is 1. The largest absolute Gasteiger partial charge is 0.459 e. The molecule has 0 unspecified atom stereocenters. The van der Waals surface area contributed by atoms with Gasteiger partial charge in [0.05, 0.1) is 15.4 Å². The summed E-state index contributed by atoms with van der Waals surface area (Å²) in [5.41, 5.74) is 1.08. The predicted octanol–water partition coefficient (Wildman–Crippen LogP) is 4.23. The molecule has 0 fully saturated rings. The van der Waals surface area contributed by atoms with Gasteiger partial charge in [0.1, 0.15) is 0 Å². The highest BCUT2D eigenvalue weighted by Crippen LogP contribution is 2.27. The third kappa shape index (κ3) is 5.48. The molecule has 2 aromatic carbocycles. The second-order valence-electron chi connectivity index (χ2n) is 6.53. The van der Waals surface area contributed by atoms with Crippen molar-refractivity contribution in [1.29, 1.82) is 0 Å². The maximum absolute atomic E-state index is 13.3. The van der Waals surface area contributed by atoms with E-state index >= 15 is 0 Å². The lowest BCUT2D eigenvalue weighted by molar-refractivity contribution is -0.244. The van der Waals surface area contributed by atoms with Gasteiger partial charge in [-0.25, -0.2) is 18.0 Å². The van der Waals surface area contributed by atoms with Crippen LogP contribution in [-0.2, 0) is 16.4 Å². The Bertz CT molecular complexity index is 1110. The van der Waals surface area contributed by atoms with Gasteiger partial charge in [-0.3, -0.25) is 4.98 Å². The van der Waals surface area contributed by atoms with Crippen molar-refractivity contribution >= 4 is 32.5 Å². The molecule has 3 rings (SSSR count). The fourth-order valence-electron chi connectivity index (χ4n) is 3.01. The quantitative estimate of drug-likeness (QED) is 0.514. The number of nitrogens with one attached hydrogen (secondary N) is 1. The van der Waals surface area contributed by atoms with Gasteiger partial charge >= 0.3 is 6.30 Å². The van der Waals surface area contributed by atoms with E-state index in [1.165, 1.54) is 18.3 Å². The maximum atomic E-state index is 13.3. The van der Waals surface area contributed by atoms with E-state index in [0.717, 1.165) is 5.56 Å². The van der Waals surface area contributed by atoms with E-state index in [0.29, 0.717) is 15.8 Å². The Balaban J connectivity index is 1.69. The van der Waals surface area contributed by atoms with Crippen LogP contribution in [0.3, 0.4) is 0 Å². The van der Waals surface area contributed by atoms with Crippen LogP contribution in [0.1, 0.15) is 5.56 Å². The van der Waals surface area contributed by atoms with E-state index in [1.807, 2.05) is 0 Å². The highest BCUT2D eigenvalue weighted by atomic mass is 35.5. The molecule has 0 saturated heterocycles. The van der Waals surface area contributed by atoms with Gasteiger partial charge < -0.3 is 0 Å². The molecule has 0 bridgehead atoms. The number of aromatic nitrogens is 1. The molecule has 10 heteroatoms. The Kier molecular flexibility index (Phi) is 6.97. The Morgan fingerprint density at radius 3 is 2.43 bits per heavy atom. The monoisotopic (exact) mass is 457 g/mol. The second-order valence-corrected chi connectivity index (χ2v) is 8.68. The number of fused-ring (bicyclic) bond motifs is 1. The zero-order valence-corrected chi connectivity index (χ0v) is 17.3. The second kappa shape index (κ2) is 9.30. The third-order valence-corrected chi connectivity index (χ3v) is 6.34. The smallest absolute Gasteiger partial charge is 0.255 e. The number of nitrogens with zero attached hydrogens (tertiary/aromatic N) is 2. The van der Waals surface area contributed by atoms with E-state index in [9.17, 15) is 21.6 Å². The van der Waals surface area contributed by atoms with Crippen LogP contribution < -0.4 is 4.72 Å². The lowest BCUT2D eigenvalue weighted by atomic mass is 10.1. The first-order chi connectivity index (χ1) is 14.2. The molecule has 0 spiro atoms. The molecule has 1 aromatic heterocycles. The van der Waals surface area contributed by atoms with Gasteiger partial charge in [0.2, 0.25) is 10.0 Å². The first-order valence-electron chi connectivity index (χ1n) is 9.07. The Labute approximate surface area is 177 Å². The molecular weight excluding hydrogens is 439 g/mol. The van der Waals surface area contributed by atoms with Gasteiger partial charge in [0.15, 0.2) is 0 Å². The number of alkyl halides is 3. The molecule has 0 aliphatic heterocycles. The Morgan fingerprint density at radius 2 is 1.73 bits per heavy atom. The summed E-state index contributed by atoms with van der Waals surface area (Å²) in [5, 5.41) is 0.586. The normalized spacial score (nSPS) is 12.6. The minimum absolute atomic E-state index is 0.0853. The number of halogens is 4. The highest BCUT2D eigenvalue weighted by Gasteiger charge is 2.36. The summed E-state index contributed by atoms with van der Waals surface area (Å²) in [5.74, 6) is 0. The maximum Gasteiger partial charge on any atom is 0.459 e. The van der Waals surface area contributed by atoms with Gasteiger partial charge in [-0.05, 0) is 36.2 Å². The summed E-state index contributed by atoms with van der Waals surface area (Å²) in [4.78, 5) is 4.28. The van der Waals surface area contributed by atoms with Crippen LogP contribution in [0, 0.1) is 0 Å². The van der Waals surface area contributed by atoms with Crippen molar-refractivity contribution in [2.45, 2.75) is 17.6 Å². The SMILES string of the molecule is O=S(=O)(NCCN(CCc1ccccc1)C(F)(F)F)c1ccc(Cl)c2ncccc12. The minimum Gasteiger partial charge on any atom is -0.255 e. The predicted molar refractivity (Wildman–Crippen MR) is 110 cm³/mol. The topological polar surface area (TPSA) is 62.3 Å². The average molecular weight is 458 g/mol. The summed E-state index contributed by atoms with van der Waals surface area (Å²) >= 11 is 6.05. The number of benzene rings is 2. The zero-order valence-electron chi connectivity index (χ0n) is 15.7. The van der Waals surface area contributed by atoms with Crippen LogP contribution in [0.15, 0.2) is 65.7 Å². The van der Waals surface area contributed by atoms with Crippen LogP contribution >= 0.6 is 11.6 Å². The molecule has 1 N–H and O–H groups in total. The molecule has 3 aromatic rings. The van der Waals surface area contributed by atoms with Crippen molar-refractivity contribution in [1.82, 2.24) is 14.6 Å². The fraction of sp³-hybridized carbons (Fsp3) is 0.250. The molecule has 5 nitrogen and oxygen atoms in total. The van der Waals surface area contributed by atoms with Gasteiger partial charge in [-0.1, -0.05) is 41.9 Å². The van der Waals surface area contributed by atoms with Gasteiger partial charge in [-0.2, -0.15) is 13.2 Å². The third-order valence-electron chi connectivity index (χ3n) is 4.52. The zero-order chi connectivity index (χ0) is 21.8. The molecule has 0 aliphatic carbocycles. The van der Waals surface area contributed by atoms with Crippen molar-refractivity contribution in [3.63, 3.8) is 0 Å². The molecular formula is C20H19ClF3N3O2S. The molecule has 0 aliphatic rings. The van der Waals surface area contributed by atoms with Crippen LogP contribution in [0.25, 0.3) is 10.9 Å². The molecule has 0 saturated carbocycles. The lowest BCUT2D eigenvalue weighted by Gasteiger charge is -2.25. The van der Waals surface area contributed by atoms with Gasteiger partial charge in [0.25, 0.3) is 0 Å². The van der Waals surface area contributed by atoms with Gasteiger partial charge in [-0.15, -0.1) is 0 Å². The first kappa shape index (κ1) is 22.5. The van der Waals surface area contributed by atoms with Crippen molar-refractivity contribution in [2.24, 2.45) is 0 Å². The van der Waals surface area contributed by atoms with Crippen molar-refractivity contribution in [3.8, 4) is 0 Å². The Hall–Kier alpha value is -2.20. The average Bonchev–Trinajstić information content (AvgIpc) is 2.70. The van der Waals surface area contributed by atoms with E-state index in [4.69, 9.17) is 11.6 Å². The van der Waals surface area contributed by atoms with E-state index in [1.54, 1.807) is 42.5 Å². The van der Waals surface area contributed by atoms with Gasteiger partial charge in [0, 0.05) is 31.2 Å². The van der Waals surface area contributed by atoms with Crippen molar-refractivity contribution in [2.75, 3.05) is 19.6 Å². The van der Waals surface area contributed by atoms with E-state index in [-0.39, 0.29) is 22.9 Å². The summed E-state index contributed by atoms with van der Waals surface area (Å²) < 4.78 is 67.7. The minimum atomic E-state index is -4.57. The van der Waals surface area contributed by atoms with Crippen LogP contribution in [-0.4, -0.2) is 44.2 Å². The number of sulfonamides is 1. The number of rotatable bonds is 8. The number of hydrogen-bond acceptors (Lipinski definition) is 4. The molecule has 30 heavy (non-hydrogen) atoms. The molecule has 0 amide bonds. The summed E-state index contributed by atoms with van der Waals surface area (Å²) in [6.45, 7) is -1.19. The summed E-state index contributed by atoms with van der Waals surface area (Å²) in [6.07, 6.45) is -2.90. The highest BCUT2D eigenvalue weighted by molar-refractivity contribution is 7.89. The number of hydrogen-bond donors (Lipinski definition) is 1. The summed E-state index contributed by atoms with van der Waals surface area (Å²) in [6, 6.07) is 14.6. The van der Waals surface area contributed by atoms with Crippen molar-refractivity contribution < 1.29 is 21.6 Å². The first-order valence-corrected chi connectivity index (χ1v) is 10.9. The fourth-order valence-corrected chi connectivity index (χ4v) is 4.44. The molecule has 1 heterocycles. The van der Waals surface area contributed by atoms with E-state index in [2.05, 4.69) is 9.71 Å².